The largest absolute Gasteiger partial charge is 0.444 e. The number of alkyl carbamates (subject to hydrolysis) is 1. The number of nitrogens with zero attached hydrogens (tertiary/aromatic N) is 3. The van der Waals surface area contributed by atoms with Crippen molar-refractivity contribution in [1.82, 2.24) is 30.7 Å². The molecular formula is C34H52N6O5S. The highest BCUT2D eigenvalue weighted by molar-refractivity contribution is 7.13. The van der Waals surface area contributed by atoms with E-state index in [1.54, 1.807) is 37.0 Å². The Bertz CT molecular complexity index is 1350. The first-order valence-corrected chi connectivity index (χ1v) is 16.9. The van der Waals surface area contributed by atoms with Gasteiger partial charge in [0.15, 0.2) is 0 Å². The predicted octanol–water partition coefficient (Wildman–Crippen LogP) is 4.66. The molecular weight excluding hydrogens is 604 g/mol. The number of aryl methyl sites for hydroxylation is 1. The summed E-state index contributed by atoms with van der Waals surface area (Å²) in [5.74, 6) is -0.722. The van der Waals surface area contributed by atoms with Gasteiger partial charge >= 0.3 is 6.09 Å². The summed E-state index contributed by atoms with van der Waals surface area (Å²) in [5, 5.41) is 8.77. The maximum absolute atomic E-state index is 13.9. The number of benzene rings is 1. The third kappa shape index (κ3) is 10.8. The zero-order valence-electron chi connectivity index (χ0n) is 28.9. The summed E-state index contributed by atoms with van der Waals surface area (Å²) >= 11 is 1.60. The molecule has 2 aromatic rings. The number of carbonyl (C=O) groups is 4. The quantitative estimate of drug-likeness (QED) is 0.283. The summed E-state index contributed by atoms with van der Waals surface area (Å²) in [7, 11) is 1.82. The SMILES string of the molecule is Cc1ncsc1-c1ccc([C@H](C)NC(=O)[C@@H]2CCCN2C(=O)[C@@H](NC(=O)CN(C)CCCNC(=O)OC(C)(C)C)C(C)(C)C)cc1. The lowest BCUT2D eigenvalue weighted by Gasteiger charge is -2.36. The molecule has 0 unspecified atom stereocenters. The molecule has 1 saturated heterocycles. The Labute approximate surface area is 277 Å². The van der Waals surface area contributed by atoms with Gasteiger partial charge in [0.05, 0.1) is 28.7 Å². The van der Waals surface area contributed by atoms with E-state index in [9.17, 15) is 19.2 Å². The Morgan fingerprint density at radius 2 is 1.76 bits per heavy atom. The van der Waals surface area contributed by atoms with Gasteiger partial charge in [0.25, 0.3) is 0 Å². The van der Waals surface area contributed by atoms with E-state index in [0.717, 1.165) is 21.7 Å². The van der Waals surface area contributed by atoms with Crippen molar-refractivity contribution in [2.24, 2.45) is 5.41 Å². The highest BCUT2D eigenvalue weighted by Gasteiger charge is 2.42. The van der Waals surface area contributed by atoms with Crippen LogP contribution in [0.3, 0.4) is 0 Å². The Morgan fingerprint density at radius 3 is 2.35 bits per heavy atom. The van der Waals surface area contributed by atoms with Crippen molar-refractivity contribution in [3.63, 3.8) is 0 Å². The molecule has 46 heavy (non-hydrogen) atoms. The molecule has 3 atom stereocenters. The molecule has 1 fully saturated rings. The van der Waals surface area contributed by atoms with Gasteiger partial charge in [-0.15, -0.1) is 11.3 Å². The van der Waals surface area contributed by atoms with Crippen LogP contribution >= 0.6 is 11.3 Å². The standard InChI is InChI=1S/C34H52N6O5S/c1-22(24-13-15-25(16-14-24)28-23(2)36-21-46-28)37-30(42)26-12-10-19-40(26)31(43)29(33(3,4)5)38-27(41)20-39(9)18-11-17-35-32(44)45-34(6,7)8/h13-16,21-22,26,29H,10-12,17-20H2,1-9H3,(H,35,44)(H,37,42)(H,38,41)/t22-,26-,29+/m0/s1. The topological polar surface area (TPSA) is 133 Å². The van der Waals surface area contributed by atoms with E-state index in [4.69, 9.17) is 4.74 Å². The zero-order chi connectivity index (χ0) is 34.2. The molecule has 0 bridgehead atoms. The number of likely N-dealkylation sites (tertiary alicyclic amines) is 1. The van der Waals surface area contributed by atoms with Crippen LogP contribution in [0, 0.1) is 12.3 Å². The number of likely N-dealkylation sites (N-methyl/N-ethyl adjacent to an activating group) is 1. The first-order chi connectivity index (χ1) is 21.5. The number of nitrogens with one attached hydrogen (secondary N) is 3. The highest BCUT2D eigenvalue weighted by Crippen LogP contribution is 2.29. The second-order valence-corrected chi connectivity index (χ2v) is 15.1. The summed E-state index contributed by atoms with van der Waals surface area (Å²) in [6, 6.07) is 6.46. The second-order valence-electron chi connectivity index (χ2n) is 14.2. The van der Waals surface area contributed by atoms with Crippen LogP contribution in [0.5, 0.6) is 0 Å². The highest BCUT2D eigenvalue weighted by atomic mass is 32.1. The average Bonchev–Trinajstić information content (AvgIpc) is 3.62. The molecule has 1 aromatic carbocycles. The van der Waals surface area contributed by atoms with Gasteiger partial charge in [-0.05, 0) is 77.5 Å². The van der Waals surface area contributed by atoms with Crippen LogP contribution in [0.4, 0.5) is 4.79 Å². The van der Waals surface area contributed by atoms with Crippen LogP contribution in [-0.2, 0) is 19.1 Å². The molecule has 3 N–H and O–H groups in total. The summed E-state index contributed by atoms with van der Waals surface area (Å²) < 4.78 is 5.24. The number of amides is 4. The second kappa shape index (κ2) is 15.9. The minimum Gasteiger partial charge on any atom is -0.444 e. The van der Waals surface area contributed by atoms with Gasteiger partial charge in [-0.1, -0.05) is 45.0 Å². The van der Waals surface area contributed by atoms with Crippen LogP contribution in [0.15, 0.2) is 29.8 Å². The van der Waals surface area contributed by atoms with Gasteiger partial charge < -0.3 is 25.6 Å². The molecule has 254 valence electrons. The van der Waals surface area contributed by atoms with Crippen LogP contribution in [0.25, 0.3) is 10.4 Å². The molecule has 1 aliphatic heterocycles. The lowest BCUT2D eigenvalue weighted by atomic mass is 9.85. The first kappa shape index (κ1) is 37.0. The lowest BCUT2D eigenvalue weighted by molar-refractivity contribution is -0.144. The third-order valence-corrected chi connectivity index (χ3v) is 8.81. The predicted molar refractivity (Wildman–Crippen MR) is 181 cm³/mol. The fourth-order valence-electron chi connectivity index (χ4n) is 5.40. The monoisotopic (exact) mass is 656 g/mol. The number of ether oxygens (including phenoxy) is 1. The van der Waals surface area contributed by atoms with Crippen LogP contribution in [0.1, 0.15) is 85.0 Å². The normalized spacial score (nSPS) is 16.6. The number of thiazole rings is 1. The molecule has 1 aromatic heterocycles. The minimum atomic E-state index is -0.796. The van der Waals surface area contributed by atoms with E-state index in [-0.39, 0.29) is 30.3 Å². The molecule has 0 aliphatic carbocycles. The van der Waals surface area contributed by atoms with E-state index in [1.807, 2.05) is 76.3 Å². The van der Waals surface area contributed by atoms with E-state index >= 15 is 0 Å². The van der Waals surface area contributed by atoms with Crippen molar-refractivity contribution in [3.05, 3.63) is 41.0 Å². The van der Waals surface area contributed by atoms with Crippen molar-refractivity contribution in [2.75, 3.05) is 33.2 Å². The van der Waals surface area contributed by atoms with Crippen molar-refractivity contribution in [3.8, 4) is 10.4 Å². The lowest BCUT2D eigenvalue weighted by Crippen LogP contribution is -2.58. The van der Waals surface area contributed by atoms with Crippen molar-refractivity contribution in [1.29, 1.82) is 0 Å². The Morgan fingerprint density at radius 1 is 1.09 bits per heavy atom. The molecule has 2 heterocycles. The maximum Gasteiger partial charge on any atom is 0.407 e. The Balaban J connectivity index is 1.55. The Kier molecular flexibility index (Phi) is 12.7. The smallest absolute Gasteiger partial charge is 0.407 e. The first-order valence-electron chi connectivity index (χ1n) is 16.0. The average molecular weight is 657 g/mol. The minimum absolute atomic E-state index is 0.0923. The van der Waals surface area contributed by atoms with Crippen molar-refractivity contribution in [2.45, 2.75) is 98.4 Å². The third-order valence-electron chi connectivity index (χ3n) is 7.83. The van der Waals surface area contributed by atoms with Gasteiger partial charge in [-0.3, -0.25) is 19.3 Å². The van der Waals surface area contributed by atoms with Gasteiger partial charge in [0, 0.05) is 19.6 Å². The van der Waals surface area contributed by atoms with E-state index in [0.29, 0.717) is 38.9 Å². The van der Waals surface area contributed by atoms with Gasteiger partial charge in [0.2, 0.25) is 17.7 Å². The van der Waals surface area contributed by atoms with E-state index in [2.05, 4.69) is 20.9 Å². The Hall–Kier alpha value is -3.51. The maximum atomic E-state index is 13.9. The number of hydrogen-bond acceptors (Lipinski definition) is 8. The number of aromatic nitrogens is 1. The van der Waals surface area contributed by atoms with Crippen LogP contribution in [0.2, 0.25) is 0 Å². The fourth-order valence-corrected chi connectivity index (χ4v) is 6.21. The van der Waals surface area contributed by atoms with E-state index in [1.165, 1.54) is 0 Å². The van der Waals surface area contributed by atoms with Gasteiger partial charge in [0.1, 0.15) is 17.7 Å². The molecule has 3 rings (SSSR count). The number of carbonyl (C=O) groups excluding carboxylic acids is 4. The molecule has 4 amide bonds. The van der Waals surface area contributed by atoms with E-state index < -0.39 is 29.2 Å². The van der Waals surface area contributed by atoms with Crippen LogP contribution < -0.4 is 16.0 Å². The van der Waals surface area contributed by atoms with Gasteiger partial charge in [-0.25, -0.2) is 9.78 Å². The van der Waals surface area contributed by atoms with Crippen molar-refractivity contribution < 1.29 is 23.9 Å². The number of hydrogen-bond donors (Lipinski definition) is 3. The summed E-state index contributed by atoms with van der Waals surface area (Å²) in [4.78, 5) is 61.2. The van der Waals surface area contributed by atoms with Gasteiger partial charge in [-0.2, -0.15) is 0 Å². The molecule has 11 nitrogen and oxygen atoms in total. The molecule has 12 heteroatoms. The molecule has 1 aliphatic rings. The summed E-state index contributed by atoms with van der Waals surface area (Å²) in [6.45, 7) is 16.6. The molecule has 0 spiro atoms. The fraction of sp³-hybridized carbons (Fsp3) is 0.618. The van der Waals surface area contributed by atoms with Crippen LogP contribution in [-0.4, -0.2) is 89.5 Å². The zero-order valence-corrected chi connectivity index (χ0v) is 29.7. The summed E-state index contributed by atoms with van der Waals surface area (Å²) in [6.07, 6.45) is 1.44. The summed E-state index contributed by atoms with van der Waals surface area (Å²) in [5.41, 5.74) is 3.75. The van der Waals surface area contributed by atoms with Crippen molar-refractivity contribution >= 4 is 35.2 Å². The number of rotatable bonds is 12. The molecule has 0 saturated carbocycles. The molecule has 0 radical (unpaired) electrons.